The first-order valence-corrected chi connectivity index (χ1v) is 4.39. The predicted octanol–water partition coefficient (Wildman–Crippen LogP) is 2.24. The van der Waals surface area contributed by atoms with E-state index in [0.717, 1.165) is 23.0 Å². The normalized spacial score (nSPS) is 13.4. The Morgan fingerprint density at radius 2 is 2.46 bits per heavy atom. The van der Waals surface area contributed by atoms with Crippen LogP contribution in [0.1, 0.15) is 24.9 Å². The summed E-state index contributed by atoms with van der Waals surface area (Å²) in [6.07, 6.45) is 6.14. The van der Waals surface area contributed by atoms with E-state index in [1.54, 1.807) is 18.7 Å². The van der Waals surface area contributed by atoms with Gasteiger partial charge in [-0.25, -0.2) is 0 Å². The molecule has 0 aliphatic heterocycles. The molecule has 3 nitrogen and oxygen atoms in total. The lowest BCUT2D eigenvalue weighted by Crippen LogP contribution is -2.07. The first-order chi connectivity index (χ1) is 6.33. The molecule has 1 unspecified atom stereocenters. The van der Waals surface area contributed by atoms with Crippen LogP contribution in [0.25, 0.3) is 11.0 Å². The SMILES string of the molecule is CCC(N)c1coc2ccncc12. The molecule has 0 bridgehead atoms. The summed E-state index contributed by atoms with van der Waals surface area (Å²) in [5.41, 5.74) is 7.82. The van der Waals surface area contributed by atoms with Crippen LogP contribution in [0.4, 0.5) is 0 Å². The molecule has 0 fully saturated rings. The monoisotopic (exact) mass is 176 g/mol. The van der Waals surface area contributed by atoms with Crippen molar-refractivity contribution in [3.63, 3.8) is 0 Å². The van der Waals surface area contributed by atoms with Gasteiger partial charge >= 0.3 is 0 Å². The fourth-order valence-corrected chi connectivity index (χ4v) is 1.40. The highest BCUT2D eigenvalue weighted by Crippen LogP contribution is 2.25. The Balaban J connectivity index is 2.57. The number of furan rings is 1. The summed E-state index contributed by atoms with van der Waals surface area (Å²) in [6.45, 7) is 2.06. The molecule has 2 aromatic heterocycles. The summed E-state index contributed by atoms with van der Waals surface area (Å²) in [6, 6.07) is 1.90. The fraction of sp³-hybridized carbons (Fsp3) is 0.300. The van der Waals surface area contributed by atoms with Crippen molar-refractivity contribution in [2.75, 3.05) is 0 Å². The highest BCUT2D eigenvalue weighted by atomic mass is 16.3. The molecule has 68 valence electrons. The average molecular weight is 176 g/mol. The van der Waals surface area contributed by atoms with Crippen molar-refractivity contribution in [3.05, 3.63) is 30.3 Å². The second-order valence-electron chi connectivity index (χ2n) is 3.08. The molecule has 2 aromatic rings. The minimum atomic E-state index is 0.0467. The zero-order valence-corrected chi connectivity index (χ0v) is 7.53. The minimum Gasteiger partial charge on any atom is -0.464 e. The van der Waals surface area contributed by atoms with E-state index >= 15 is 0 Å². The molecule has 0 spiro atoms. The molecule has 2 rings (SSSR count). The van der Waals surface area contributed by atoms with Crippen molar-refractivity contribution < 1.29 is 4.42 Å². The van der Waals surface area contributed by atoms with E-state index < -0.39 is 0 Å². The molecular weight excluding hydrogens is 164 g/mol. The molecule has 0 saturated heterocycles. The molecule has 2 N–H and O–H groups in total. The number of nitrogens with two attached hydrogens (primary N) is 1. The van der Waals surface area contributed by atoms with Gasteiger partial charge in [0.15, 0.2) is 0 Å². The highest BCUT2D eigenvalue weighted by molar-refractivity contribution is 5.80. The summed E-state index contributed by atoms with van der Waals surface area (Å²) in [5, 5.41) is 1.02. The van der Waals surface area contributed by atoms with Gasteiger partial charge < -0.3 is 10.2 Å². The van der Waals surface area contributed by atoms with Crippen LogP contribution >= 0.6 is 0 Å². The van der Waals surface area contributed by atoms with E-state index in [2.05, 4.69) is 11.9 Å². The van der Waals surface area contributed by atoms with Crippen LogP contribution in [0, 0.1) is 0 Å². The summed E-state index contributed by atoms with van der Waals surface area (Å²) < 4.78 is 5.35. The standard InChI is InChI=1S/C10H12N2O/c1-2-9(11)8-6-13-10-3-4-12-5-7(8)10/h3-6,9H,2,11H2,1H3. The molecular formula is C10H12N2O. The molecule has 2 heterocycles. The van der Waals surface area contributed by atoms with Gasteiger partial charge in [-0.1, -0.05) is 6.92 Å². The average Bonchev–Trinajstić information content (AvgIpc) is 2.60. The maximum atomic E-state index is 5.92. The number of hydrogen-bond acceptors (Lipinski definition) is 3. The Kier molecular flexibility index (Phi) is 2.02. The summed E-state index contributed by atoms with van der Waals surface area (Å²) in [7, 11) is 0. The Labute approximate surface area is 76.6 Å². The van der Waals surface area contributed by atoms with E-state index in [0.29, 0.717) is 0 Å². The number of hydrogen-bond donors (Lipinski definition) is 1. The third kappa shape index (κ3) is 1.31. The van der Waals surface area contributed by atoms with Crippen LogP contribution in [-0.2, 0) is 0 Å². The number of fused-ring (bicyclic) bond motifs is 1. The molecule has 0 radical (unpaired) electrons. The lowest BCUT2D eigenvalue weighted by atomic mass is 10.1. The first-order valence-electron chi connectivity index (χ1n) is 4.39. The van der Waals surface area contributed by atoms with E-state index in [4.69, 9.17) is 10.2 Å². The van der Waals surface area contributed by atoms with Gasteiger partial charge in [0.1, 0.15) is 5.58 Å². The van der Waals surface area contributed by atoms with E-state index in [-0.39, 0.29) is 6.04 Å². The van der Waals surface area contributed by atoms with E-state index in [1.165, 1.54) is 0 Å². The van der Waals surface area contributed by atoms with Crippen LogP contribution in [0.3, 0.4) is 0 Å². The molecule has 1 atom stereocenters. The zero-order chi connectivity index (χ0) is 9.26. The van der Waals surface area contributed by atoms with Crippen molar-refractivity contribution in [2.24, 2.45) is 5.73 Å². The van der Waals surface area contributed by atoms with Gasteiger partial charge in [0.2, 0.25) is 0 Å². The number of pyridine rings is 1. The Bertz CT molecular complexity index is 408. The van der Waals surface area contributed by atoms with Crippen molar-refractivity contribution in [2.45, 2.75) is 19.4 Å². The van der Waals surface area contributed by atoms with Gasteiger partial charge in [-0.3, -0.25) is 4.98 Å². The largest absolute Gasteiger partial charge is 0.464 e. The highest BCUT2D eigenvalue weighted by Gasteiger charge is 2.10. The third-order valence-electron chi connectivity index (χ3n) is 2.24. The number of aromatic nitrogens is 1. The first kappa shape index (κ1) is 8.26. The van der Waals surface area contributed by atoms with Gasteiger partial charge in [-0.2, -0.15) is 0 Å². The Morgan fingerprint density at radius 1 is 1.62 bits per heavy atom. The maximum Gasteiger partial charge on any atom is 0.137 e. The lowest BCUT2D eigenvalue weighted by molar-refractivity contribution is 0.596. The molecule has 0 aliphatic carbocycles. The summed E-state index contributed by atoms with van der Waals surface area (Å²) >= 11 is 0. The van der Waals surface area contributed by atoms with Crippen molar-refractivity contribution in [3.8, 4) is 0 Å². The van der Waals surface area contributed by atoms with Gasteiger partial charge in [0, 0.05) is 29.4 Å². The van der Waals surface area contributed by atoms with E-state index in [1.807, 2.05) is 6.07 Å². The second kappa shape index (κ2) is 3.18. The van der Waals surface area contributed by atoms with Crippen LogP contribution in [0.2, 0.25) is 0 Å². The zero-order valence-electron chi connectivity index (χ0n) is 7.53. The molecule has 13 heavy (non-hydrogen) atoms. The predicted molar refractivity (Wildman–Crippen MR) is 51.2 cm³/mol. The molecule has 0 saturated carbocycles. The Hall–Kier alpha value is -1.35. The number of nitrogens with zero attached hydrogens (tertiary/aromatic N) is 1. The maximum absolute atomic E-state index is 5.92. The van der Waals surface area contributed by atoms with Crippen molar-refractivity contribution in [1.29, 1.82) is 0 Å². The van der Waals surface area contributed by atoms with Crippen LogP contribution in [0.15, 0.2) is 29.1 Å². The molecule has 0 aliphatic rings. The quantitative estimate of drug-likeness (QED) is 0.763. The molecule has 3 heteroatoms. The van der Waals surface area contributed by atoms with Gasteiger partial charge in [-0.05, 0) is 12.5 Å². The molecule has 0 amide bonds. The second-order valence-corrected chi connectivity index (χ2v) is 3.08. The molecule has 0 aromatic carbocycles. The van der Waals surface area contributed by atoms with Crippen molar-refractivity contribution >= 4 is 11.0 Å². The van der Waals surface area contributed by atoms with Crippen LogP contribution in [-0.4, -0.2) is 4.98 Å². The third-order valence-corrected chi connectivity index (χ3v) is 2.24. The Morgan fingerprint density at radius 3 is 3.23 bits per heavy atom. The summed E-state index contributed by atoms with van der Waals surface area (Å²) in [5.74, 6) is 0. The topological polar surface area (TPSA) is 52.0 Å². The number of rotatable bonds is 2. The lowest BCUT2D eigenvalue weighted by Gasteiger charge is -2.04. The van der Waals surface area contributed by atoms with Gasteiger partial charge in [-0.15, -0.1) is 0 Å². The van der Waals surface area contributed by atoms with Crippen LogP contribution < -0.4 is 5.73 Å². The smallest absolute Gasteiger partial charge is 0.137 e. The van der Waals surface area contributed by atoms with Gasteiger partial charge in [0.25, 0.3) is 0 Å². The minimum absolute atomic E-state index is 0.0467. The summed E-state index contributed by atoms with van der Waals surface area (Å²) in [4.78, 5) is 4.05. The fourth-order valence-electron chi connectivity index (χ4n) is 1.40. The van der Waals surface area contributed by atoms with E-state index in [9.17, 15) is 0 Å². The van der Waals surface area contributed by atoms with Crippen molar-refractivity contribution in [1.82, 2.24) is 4.98 Å². The van der Waals surface area contributed by atoms with Gasteiger partial charge in [0.05, 0.1) is 6.26 Å². The van der Waals surface area contributed by atoms with Crippen LogP contribution in [0.5, 0.6) is 0 Å².